The van der Waals surface area contributed by atoms with Crippen molar-refractivity contribution in [3.63, 3.8) is 0 Å². The Kier molecular flexibility index (Phi) is 7.33. The molecule has 1 saturated heterocycles. The average molecular weight is 436 g/mol. The molecule has 0 saturated carbocycles. The molecule has 162 valence electrons. The Bertz CT molecular complexity index is 992. The smallest absolute Gasteiger partial charge is 0.242 e. The summed E-state index contributed by atoms with van der Waals surface area (Å²) in [7, 11) is 0. The summed E-state index contributed by atoms with van der Waals surface area (Å²) < 4.78 is 0. The molecule has 1 aliphatic heterocycles. The van der Waals surface area contributed by atoms with Gasteiger partial charge in [-0.1, -0.05) is 62.0 Å². The summed E-state index contributed by atoms with van der Waals surface area (Å²) in [4.78, 5) is 32.0. The second kappa shape index (κ2) is 9.96. The van der Waals surface area contributed by atoms with E-state index in [4.69, 9.17) is 4.99 Å². The van der Waals surface area contributed by atoms with Gasteiger partial charge in [0.25, 0.3) is 0 Å². The number of aryl methyl sites for hydroxylation is 2. The van der Waals surface area contributed by atoms with E-state index in [0.717, 1.165) is 22.5 Å². The van der Waals surface area contributed by atoms with Crippen LogP contribution in [0.3, 0.4) is 0 Å². The Hall–Kier alpha value is -2.86. The lowest BCUT2D eigenvalue weighted by atomic mass is 10.0. The first kappa shape index (κ1) is 22.8. The van der Waals surface area contributed by atoms with Crippen molar-refractivity contribution < 1.29 is 9.59 Å². The molecule has 1 N–H and O–H groups in total. The van der Waals surface area contributed by atoms with Gasteiger partial charge >= 0.3 is 0 Å². The second-order valence-electron chi connectivity index (χ2n) is 8.01. The third kappa shape index (κ3) is 5.44. The Balaban J connectivity index is 1.74. The van der Waals surface area contributed by atoms with Crippen molar-refractivity contribution in [3.05, 3.63) is 71.8 Å². The van der Waals surface area contributed by atoms with Crippen LogP contribution in [-0.2, 0) is 9.59 Å². The standard InChI is InChI=1S/C25H29N3O2S/c1-6-14-28-24(30)21(31-25(28)27-23-17(4)8-7-9-18(23)5)15-22(29)26-20-12-10-19(11-13-20)16(2)3/h6-13,16,21H,1,14-15H2,2-5H3,(H,26,29)/t21-/m1/s1. The summed E-state index contributed by atoms with van der Waals surface area (Å²) in [6.45, 7) is 12.4. The van der Waals surface area contributed by atoms with Crippen LogP contribution in [0.2, 0.25) is 0 Å². The number of amides is 2. The number of hydrogen-bond acceptors (Lipinski definition) is 4. The fourth-order valence-electron chi connectivity index (χ4n) is 3.43. The third-order valence-electron chi connectivity index (χ3n) is 5.21. The van der Waals surface area contributed by atoms with Crippen LogP contribution in [0, 0.1) is 13.8 Å². The molecule has 0 aliphatic carbocycles. The number of aliphatic imine (C=N–C) groups is 1. The zero-order valence-corrected chi connectivity index (χ0v) is 19.3. The minimum Gasteiger partial charge on any atom is -0.326 e. The third-order valence-corrected chi connectivity index (χ3v) is 6.39. The number of thioether (sulfide) groups is 1. The van der Waals surface area contributed by atoms with E-state index in [2.05, 4.69) is 25.7 Å². The van der Waals surface area contributed by atoms with Gasteiger partial charge in [0.1, 0.15) is 5.25 Å². The van der Waals surface area contributed by atoms with Crippen LogP contribution in [0.25, 0.3) is 0 Å². The van der Waals surface area contributed by atoms with Gasteiger partial charge in [0.15, 0.2) is 5.17 Å². The molecule has 6 heteroatoms. The fraction of sp³-hybridized carbons (Fsp3) is 0.320. The van der Waals surface area contributed by atoms with Gasteiger partial charge in [-0.2, -0.15) is 0 Å². The first-order chi connectivity index (χ1) is 14.8. The van der Waals surface area contributed by atoms with Gasteiger partial charge in [0.2, 0.25) is 11.8 Å². The molecule has 0 aromatic heterocycles. The number of hydrogen-bond donors (Lipinski definition) is 1. The van der Waals surface area contributed by atoms with Crippen molar-refractivity contribution in [2.24, 2.45) is 4.99 Å². The second-order valence-corrected chi connectivity index (χ2v) is 9.18. The van der Waals surface area contributed by atoms with Crippen molar-refractivity contribution in [1.29, 1.82) is 0 Å². The molecule has 2 amide bonds. The Morgan fingerprint density at radius 1 is 1.19 bits per heavy atom. The molecule has 5 nitrogen and oxygen atoms in total. The zero-order chi connectivity index (χ0) is 22.5. The largest absolute Gasteiger partial charge is 0.326 e. The van der Waals surface area contributed by atoms with Crippen molar-refractivity contribution >= 4 is 40.1 Å². The predicted octanol–water partition coefficient (Wildman–Crippen LogP) is 5.57. The summed E-state index contributed by atoms with van der Waals surface area (Å²) >= 11 is 1.34. The maximum atomic E-state index is 13.0. The monoisotopic (exact) mass is 435 g/mol. The number of nitrogens with zero attached hydrogens (tertiary/aromatic N) is 2. The molecular weight excluding hydrogens is 406 g/mol. The van der Waals surface area contributed by atoms with Crippen molar-refractivity contribution in [2.75, 3.05) is 11.9 Å². The lowest BCUT2D eigenvalue weighted by molar-refractivity contribution is -0.127. The highest BCUT2D eigenvalue weighted by atomic mass is 32.2. The van der Waals surface area contributed by atoms with Crippen LogP contribution in [0.5, 0.6) is 0 Å². The molecule has 1 fully saturated rings. The predicted molar refractivity (Wildman–Crippen MR) is 130 cm³/mol. The number of rotatable bonds is 7. The molecular formula is C25H29N3O2S. The lowest BCUT2D eigenvalue weighted by Crippen LogP contribution is -2.33. The number of amidine groups is 1. The number of carbonyl (C=O) groups is 2. The summed E-state index contributed by atoms with van der Waals surface area (Å²) in [6.07, 6.45) is 1.77. The highest BCUT2D eigenvalue weighted by molar-refractivity contribution is 8.15. The lowest BCUT2D eigenvalue weighted by Gasteiger charge is -2.15. The molecule has 0 bridgehead atoms. The molecule has 0 radical (unpaired) electrons. The normalized spacial score (nSPS) is 17.5. The Morgan fingerprint density at radius 2 is 1.84 bits per heavy atom. The van der Waals surface area contributed by atoms with Crippen LogP contribution in [-0.4, -0.2) is 33.7 Å². The maximum Gasteiger partial charge on any atom is 0.242 e. The van der Waals surface area contributed by atoms with E-state index in [9.17, 15) is 9.59 Å². The van der Waals surface area contributed by atoms with E-state index in [1.54, 1.807) is 11.0 Å². The van der Waals surface area contributed by atoms with Crippen LogP contribution >= 0.6 is 11.8 Å². The van der Waals surface area contributed by atoms with Gasteiger partial charge in [-0.3, -0.25) is 14.5 Å². The van der Waals surface area contributed by atoms with Crippen molar-refractivity contribution in [2.45, 2.75) is 45.3 Å². The summed E-state index contributed by atoms with van der Waals surface area (Å²) in [5.41, 5.74) is 4.90. The molecule has 2 aromatic carbocycles. The maximum absolute atomic E-state index is 13.0. The Labute approximate surface area is 188 Å². The van der Waals surface area contributed by atoms with E-state index in [0.29, 0.717) is 17.6 Å². The number of benzene rings is 2. The minimum atomic E-state index is -0.502. The quantitative estimate of drug-likeness (QED) is 0.578. The van der Waals surface area contributed by atoms with Crippen LogP contribution < -0.4 is 5.32 Å². The molecule has 1 aliphatic rings. The van der Waals surface area contributed by atoms with Gasteiger partial charge in [-0.15, -0.1) is 6.58 Å². The van der Waals surface area contributed by atoms with E-state index in [1.807, 2.05) is 56.3 Å². The van der Waals surface area contributed by atoms with Gasteiger partial charge in [-0.05, 0) is 48.6 Å². The number of nitrogens with one attached hydrogen (secondary N) is 1. The van der Waals surface area contributed by atoms with Crippen LogP contribution in [0.15, 0.2) is 60.1 Å². The van der Waals surface area contributed by atoms with E-state index in [1.165, 1.54) is 17.3 Å². The van der Waals surface area contributed by atoms with Crippen LogP contribution in [0.4, 0.5) is 11.4 Å². The van der Waals surface area contributed by atoms with Crippen LogP contribution in [0.1, 0.15) is 42.9 Å². The Morgan fingerprint density at radius 3 is 2.42 bits per heavy atom. The van der Waals surface area contributed by atoms with E-state index < -0.39 is 5.25 Å². The molecule has 31 heavy (non-hydrogen) atoms. The van der Waals surface area contributed by atoms with Gasteiger partial charge in [0, 0.05) is 18.7 Å². The molecule has 0 spiro atoms. The summed E-state index contributed by atoms with van der Waals surface area (Å²) in [5, 5.41) is 3.01. The molecule has 2 aromatic rings. The van der Waals surface area contributed by atoms with E-state index >= 15 is 0 Å². The van der Waals surface area contributed by atoms with Gasteiger partial charge in [0.05, 0.1) is 5.69 Å². The highest BCUT2D eigenvalue weighted by Gasteiger charge is 2.38. The molecule has 3 rings (SSSR count). The molecule has 1 heterocycles. The number of anilines is 1. The zero-order valence-electron chi connectivity index (χ0n) is 18.5. The number of para-hydroxylation sites is 1. The first-order valence-electron chi connectivity index (χ1n) is 10.4. The fourth-order valence-corrected chi connectivity index (χ4v) is 4.58. The van der Waals surface area contributed by atoms with Gasteiger partial charge < -0.3 is 5.32 Å². The average Bonchev–Trinajstić information content (AvgIpc) is 3.00. The van der Waals surface area contributed by atoms with Crippen molar-refractivity contribution in [3.8, 4) is 0 Å². The molecule has 0 unspecified atom stereocenters. The first-order valence-corrected chi connectivity index (χ1v) is 11.3. The highest BCUT2D eigenvalue weighted by Crippen LogP contribution is 2.33. The summed E-state index contributed by atoms with van der Waals surface area (Å²) in [6, 6.07) is 13.8. The van der Waals surface area contributed by atoms with E-state index in [-0.39, 0.29) is 18.2 Å². The van der Waals surface area contributed by atoms with Gasteiger partial charge in [-0.25, -0.2) is 4.99 Å². The SMILES string of the molecule is C=CCN1C(=O)[C@@H](CC(=O)Nc2ccc(C(C)C)cc2)SC1=Nc1c(C)cccc1C. The molecule has 1 atom stereocenters. The minimum absolute atomic E-state index is 0.0921. The van der Waals surface area contributed by atoms with Crippen molar-refractivity contribution in [1.82, 2.24) is 4.90 Å². The topological polar surface area (TPSA) is 61.8 Å². The number of carbonyl (C=O) groups excluding carboxylic acids is 2. The summed E-state index contributed by atoms with van der Waals surface area (Å²) in [5.74, 6) is 0.137.